The van der Waals surface area contributed by atoms with Crippen molar-refractivity contribution >= 4 is 0 Å². The molecule has 0 aliphatic heterocycles. The summed E-state index contributed by atoms with van der Waals surface area (Å²) in [6.45, 7) is 4.59. The highest BCUT2D eigenvalue weighted by atomic mass is 14.3. The van der Waals surface area contributed by atoms with Crippen LogP contribution in [0, 0.1) is 11.8 Å². The first-order chi connectivity index (χ1) is 11.8. The molecule has 0 heteroatoms. The summed E-state index contributed by atoms with van der Waals surface area (Å²) in [5.41, 5.74) is 3.08. The van der Waals surface area contributed by atoms with Crippen LogP contribution in [0.2, 0.25) is 0 Å². The molecule has 136 valence electrons. The fraction of sp³-hybridized carbons (Fsp3) is 0.750. The van der Waals surface area contributed by atoms with Gasteiger partial charge in [-0.3, -0.25) is 0 Å². The Morgan fingerprint density at radius 3 is 1.71 bits per heavy atom. The summed E-state index contributed by atoms with van der Waals surface area (Å²) >= 11 is 0. The summed E-state index contributed by atoms with van der Waals surface area (Å²) in [5.74, 6) is 2.05. The van der Waals surface area contributed by atoms with Crippen molar-refractivity contribution < 1.29 is 0 Å². The topological polar surface area (TPSA) is 0 Å². The highest BCUT2D eigenvalue weighted by Crippen LogP contribution is 2.34. The first kappa shape index (κ1) is 19.5. The third kappa shape index (κ3) is 7.41. The minimum absolute atomic E-state index is 0.997. The highest BCUT2D eigenvalue weighted by Gasteiger charge is 2.20. The van der Waals surface area contributed by atoms with Gasteiger partial charge in [-0.2, -0.15) is 0 Å². The molecule has 0 radical (unpaired) electrons. The van der Waals surface area contributed by atoms with Crippen LogP contribution in [-0.4, -0.2) is 0 Å². The van der Waals surface area contributed by atoms with Crippen molar-refractivity contribution in [3.8, 4) is 0 Å². The number of unbranched alkanes of at least 4 members (excludes halogenated alkanes) is 4. The summed E-state index contributed by atoms with van der Waals surface area (Å²) in [4.78, 5) is 0. The Morgan fingerprint density at radius 2 is 1.12 bits per heavy atom. The largest absolute Gasteiger partial charge is 0.0654 e. The molecule has 0 N–H and O–H groups in total. The molecule has 1 aromatic carbocycles. The van der Waals surface area contributed by atoms with Crippen LogP contribution in [0.15, 0.2) is 24.3 Å². The Hall–Kier alpha value is -0.780. The first-order valence-electron chi connectivity index (χ1n) is 10.9. The molecule has 0 spiro atoms. The molecule has 1 aliphatic rings. The molecule has 2 rings (SSSR count). The Labute approximate surface area is 151 Å². The van der Waals surface area contributed by atoms with E-state index in [1.54, 1.807) is 5.56 Å². The van der Waals surface area contributed by atoms with E-state index in [1.165, 1.54) is 95.5 Å². The minimum Gasteiger partial charge on any atom is -0.0654 e. The summed E-state index contributed by atoms with van der Waals surface area (Å²) in [6.07, 6.45) is 19.8. The molecule has 1 fully saturated rings. The number of rotatable bonds is 11. The molecule has 0 heterocycles. The van der Waals surface area contributed by atoms with E-state index < -0.39 is 0 Å². The number of benzene rings is 1. The zero-order valence-electron chi connectivity index (χ0n) is 16.4. The summed E-state index contributed by atoms with van der Waals surface area (Å²) in [7, 11) is 0. The second kappa shape index (κ2) is 11.7. The zero-order valence-corrected chi connectivity index (χ0v) is 16.4. The Morgan fingerprint density at radius 1 is 0.625 bits per heavy atom. The van der Waals surface area contributed by atoms with Crippen LogP contribution < -0.4 is 0 Å². The fourth-order valence-electron chi connectivity index (χ4n) is 4.31. The lowest BCUT2D eigenvalue weighted by atomic mass is 9.78. The standard InChI is InChI=1S/C24H40/c1-3-5-7-9-21-11-15-23(16-12-21)19-20-24-17-13-22(14-18-24)10-8-6-4-2/h11-12,15-16,22,24H,3-10,13-14,17-20H2,1-2H3. The third-order valence-corrected chi connectivity index (χ3v) is 6.12. The number of hydrogen-bond donors (Lipinski definition) is 0. The lowest BCUT2D eigenvalue weighted by Gasteiger charge is -2.28. The molecule has 0 unspecified atom stereocenters. The predicted octanol–water partition coefficient (Wildman–Crippen LogP) is 7.74. The van der Waals surface area contributed by atoms with Gasteiger partial charge >= 0.3 is 0 Å². The van der Waals surface area contributed by atoms with Gasteiger partial charge in [0.25, 0.3) is 0 Å². The van der Waals surface area contributed by atoms with Crippen LogP contribution in [0.5, 0.6) is 0 Å². The van der Waals surface area contributed by atoms with Crippen LogP contribution in [0.25, 0.3) is 0 Å². The van der Waals surface area contributed by atoms with Crippen molar-refractivity contribution in [2.75, 3.05) is 0 Å². The van der Waals surface area contributed by atoms with E-state index in [1.807, 2.05) is 0 Å². The summed E-state index contributed by atoms with van der Waals surface area (Å²) < 4.78 is 0. The van der Waals surface area contributed by atoms with E-state index in [0.29, 0.717) is 0 Å². The molecule has 0 saturated heterocycles. The molecular formula is C24H40. The maximum atomic E-state index is 2.39. The molecule has 0 atom stereocenters. The van der Waals surface area contributed by atoms with Crippen LogP contribution in [-0.2, 0) is 12.8 Å². The van der Waals surface area contributed by atoms with Gasteiger partial charge < -0.3 is 0 Å². The van der Waals surface area contributed by atoms with E-state index in [-0.39, 0.29) is 0 Å². The Bertz CT molecular complexity index is 408. The van der Waals surface area contributed by atoms with Gasteiger partial charge in [0, 0.05) is 0 Å². The SMILES string of the molecule is CCCCCc1ccc(CCC2CCC(CCCCC)CC2)cc1. The van der Waals surface area contributed by atoms with Crippen molar-refractivity contribution in [3.05, 3.63) is 35.4 Å². The molecule has 0 aromatic heterocycles. The average molecular weight is 329 g/mol. The van der Waals surface area contributed by atoms with Gasteiger partial charge in [-0.15, -0.1) is 0 Å². The Balaban J connectivity index is 1.62. The molecule has 1 aromatic rings. The normalized spacial score (nSPS) is 21.1. The van der Waals surface area contributed by atoms with Gasteiger partial charge in [-0.25, -0.2) is 0 Å². The van der Waals surface area contributed by atoms with E-state index in [4.69, 9.17) is 0 Å². The van der Waals surface area contributed by atoms with E-state index >= 15 is 0 Å². The molecule has 0 nitrogen and oxygen atoms in total. The molecular weight excluding hydrogens is 288 g/mol. The quantitative estimate of drug-likeness (QED) is 0.364. The second-order valence-corrected chi connectivity index (χ2v) is 8.19. The van der Waals surface area contributed by atoms with Crippen LogP contribution >= 0.6 is 0 Å². The lowest BCUT2D eigenvalue weighted by Crippen LogP contribution is -2.15. The summed E-state index contributed by atoms with van der Waals surface area (Å²) in [5, 5.41) is 0. The molecule has 24 heavy (non-hydrogen) atoms. The number of aryl methyl sites for hydroxylation is 2. The zero-order chi connectivity index (χ0) is 17.0. The maximum absolute atomic E-state index is 2.39. The second-order valence-electron chi connectivity index (χ2n) is 8.19. The smallest absolute Gasteiger partial charge is 0.0276 e. The van der Waals surface area contributed by atoms with Gasteiger partial charge in [-0.1, -0.05) is 102 Å². The van der Waals surface area contributed by atoms with Gasteiger partial charge in [0.05, 0.1) is 0 Å². The third-order valence-electron chi connectivity index (χ3n) is 6.12. The van der Waals surface area contributed by atoms with Gasteiger partial charge in [0.1, 0.15) is 0 Å². The van der Waals surface area contributed by atoms with Crippen molar-refractivity contribution in [2.24, 2.45) is 11.8 Å². The van der Waals surface area contributed by atoms with E-state index in [0.717, 1.165) is 11.8 Å². The van der Waals surface area contributed by atoms with Gasteiger partial charge in [0.15, 0.2) is 0 Å². The van der Waals surface area contributed by atoms with E-state index in [2.05, 4.69) is 38.1 Å². The molecule has 0 amide bonds. The summed E-state index contributed by atoms with van der Waals surface area (Å²) in [6, 6.07) is 9.51. The average Bonchev–Trinajstić information content (AvgIpc) is 2.63. The minimum atomic E-state index is 0.997. The first-order valence-corrected chi connectivity index (χ1v) is 10.9. The fourth-order valence-corrected chi connectivity index (χ4v) is 4.31. The van der Waals surface area contributed by atoms with Gasteiger partial charge in [0.2, 0.25) is 0 Å². The van der Waals surface area contributed by atoms with Crippen LogP contribution in [0.3, 0.4) is 0 Å². The molecule has 1 saturated carbocycles. The van der Waals surface area contributed by atoms with E-state index in [9.17, 15) is 0 Å². The van der Waals surface area contributed by atoms with Crippen molar-refractivity contribution in [3.63, 3.8) is 0 Å². The monoisotopic (exact) mass is 328 g/mol. The van der Waals surface area contributed by atoms with Crippen LogP contribution in [0.1, 0.15) is 102 Å². The Kier molecular flexibility index (Phi) is 9.54. The van der Waals surface area contributed by atoms with Crippen molar-refractivity contribution in [2.45, 2.75) is 104 Å². The molecule has 1 aliphatic carbocycles. The molecule has 0 bridgehead atoms. The predicted molar refractivity (Wildman–Crippen MR) is 108 cm³/mol. The van der Waals surface area contributed by atoms with Gasteiger partial charge in [-0.05, 0) is 48.6 Å². The maximum Gasteiger partial charge on any atom is -0.0276 e. The van der Waals surface area contributed by atoms with Crippen LogP contribution in [0.4, 0.5) is 0 Å². The lowest BCUT2D eigenvalue weighted by molar-refractivity contribution is 0.249. The van der Waals surface area contributed by atoms with Crippen molar-refractivity contribution in [1.29, 1.82) is 0 Å². The highest BCUT2D eigenvalue weighted by molar-refractivity contribution is 5.22. The van der Waals surface area contributed by atoms with Crippen molar-refractivity contribution in [1.82, 2.24) is 0 Å². The number of hydrogen-bond acceptors (Lipinski definition) is 0.